The van der Waals surface area contributed by atoms with Crippen molar-refractivity contribution in [2.45, 2.75) is 83.3 Å². The van der Waals surface area contributed by atoms with Crippen molar-refractivity contribution in [1.29, 1.82) is 0 Å². The molecule has 0 bridgehead atoms. The van der Waals surface area contributed by atoms with Gasteiger partial charge in [-0.05, 0) is 105 Å². The molecule has 2 aliphatic rings. The average Bonchev–Trinajstić information content (AvgIpc) is 2.89. The highest BCUT2D eigenvalue weighted by atomic mass is 19.2. The molecule has 5 heteroatoms. The van der Waals surface area contributed by atoms with Gasteiger partial charge in [-0.2, -0.15) is 0 Å². The number of hydrogen-bond acceptors (Lipinski definition) is 2. The van der Waals surface area contributed by atoms with Gasteiger partial charge in [-0.25, -0.2) is 13.2 Å². The Labute approximate surface area is 207 Å². The molecule has 0 N–H and O–H groups in total. The second-order valence-electron chi connectivity index (χ2n) is 10.0. The molecule has 4 rings (SSSR count). The van der Waals surface area contributed by atoms with Crippen LogP contribution in [-0.4, -0.2) is 19.8 Å². The maximum atomic E-state index is 14.9. The third-order valence-electron chi connectivity index (χ3n) is 7.85. The SMILES string of the molecule is CCOCc1ccc(C2CCC(CCc3ccc(C4=CCC(OC)CC4)c(F)c3F)CC2)c(F)c1. The number of allylic oxidation sites excluding steroid dienone is 1. The van der Waals surface area contributed by atoms with Crippen molar-refractivity contribution in [2.75, 3.05) is 13.7 Å². The minimum atomic E-state index is -0.725. The Balaban J connectivity index is 1.30. The van der Waals surface area contributed by atoms with Gasteiger partial charge in [0.15, 0.2) is 11.6 Å². The summed E-state index contributed by atoms with van der Waals surface area (Å²) in [5, 5.41) is 0. The van der Waals surface area contributed by atoms with E-state index in [0.29, 0.717) is 43.1 Å². The summed E-state index contributed by atoms with van der Waals surface area (Å²) in [4.78, 5) is 0. The van der Waals surface area contributed by atoms with Crippen LogP contribution in [0.3, 0.4) is 0 Å². The quantitative estimate of drug-likeness (QED) is 0.356. The molecule has 1 unspecified atom stereocenters. The summed E-state index contributed by atoms with van der Waals surface area (Å²) >= 11 is 0. The van der Waals surface area contributed by atoms with Gasteiger partial charge >= 0.3 is 0 Å². The van der Waals surface area contributed by atoms with E-state index >= 15 is 0 Å². The Morgan fingerprint density at radius 1 is 0.943 bits per heavy atom. The molecule has 35 heavy (non-hydrogen) atoms. The van der Waals surface area contributed by atoms with Crippen LogP contribution in [0.25, 0.3) is 5.57 Å². The largest absolute Gasteiger partial charge is 0.381 e. The van der Waals surface area contributed by atoms with E-state index in [1.54, 1.807) is 25.3 Å². The van der Waals surface area contributed by atoms with E-state index in [4.69, 9.17) is 9.47 Å². The van der Waals surface area contributed by atoms with Gasteiger partial charge < -0.3 is 9.47 Å². The van der Waals surface area contributed by atoms with E-state index in [-0.39, 0.29) is 17.8 Å². The third kappa shape index (κ3) is 6.37. The zero-order chi connectivity index (χ0) is 24.8. The van der Waals surface area contributed by atoms with Crippen LogP contribution in [-0.2, 0) is 22.5 Å². The predicted molar refractivity (Wildman–Crippen MR) is 134 cm³/mol. The van der Waals surface area contributed by atoms with Crippen LogP contribution in [0.1, 0.15) is 86.5 Å². The second-order valence-corrected chi connectivity index (χ2v) is 10.0. The summed E-state index contributed by atoms with van der Waals surface area (Å²) in [6.07, 6.45) is 9.60. The number of methoxy groups -OCH3 is 1. The number of hydrogen-bond donors (Lipinski definition) is 0. The number of aryl methyl sites for hydroxylation is 1. The highest BCUT2D eigenvalue weighted by Gasteiger charge is 2.25. The number of halogens is 3. The van der Waals surface area contributed by atoms with Crippen LogP contribution in [0.5, 0.6) is 0 Å². The summed E-state index contributed by atoms with van der Waals surface area (Å²) in [7, 11) is 1.69. The van der Waals surface area contributed by atoms with E-state index in [9.17, 15) is 13.2 Å². The van der Waals surface area contributed by atoms with Gasteiger partial charge in [-0.1, -0.05) is 30.3 Å². The molecule has 0 saturated heterocycles. The first kappa shape index (κ1) is 26.0. The first-order valence-corrected chi connectivity index (χ1v) is 13.0. The first-order chi connectivity index (χ1) is 17.0. The lowest BCUT2D eigenvalue weighted by Crippen LogP contribution is -2.16. The van der Waals surface area contributed by atoms with Crippen molar-refractivity contribution < 1.29 is 22.6 Å². The Hall–Kier alpha value is -2.11. The molecule has 1 atom stereocenters. The van der Waals surface area contributed by atoms with Gasteiger partial charge in [0.2, 0.25) is 0 Å². The van der Waals surface area contributed by atoms with Gasteiger partial charge in [0.25, 0.3) is 0 Å². The molecule has 0 aromatic heterocycles. The highest BCUT2D eigenvalue weighted by molar-refractivity contribution is 5.67. The fraction of sp³-hybridized carbons (Fsp3) is 0.533. The van der Waals surface area contributed by atoms with Crippen LogP contribution >= 0.6 is 0 Å². The monoisotopic (exact) mass is 486 g/mol. The summed E-state index contributed by atoms with van der Waals surface area (Å²) in [6.45, 7) is 2.97. The van der Waals surface area contributed by atoms with Crippen molar-refractivity contribution in [1.82, 2.24) is 0 Å². The molecule has 2 aromatic rings. The molecular weight excluding hydrogens is 449 g/mol. The van der Waals surface area contributed by atoms with E-state index in [1.165, 1.54) is 0 Å². The minimum Gasteiger partial charge on any atom is -0.381 e. The standard InChI is InChI=1S/C30H37F3O2/c1-3-35-19-21-7-16-26(28(31)18-21)22-8-4-20(5-9-22)6-10-24-13-17-27(30(33)29(24)32)23-11-14-25(34-2)15-12-23/h7,11,13,16-18,20,22,25H,3-6,8-10,12,14-15,19H2,1-2H3. The summed E-state index contributed by atoms with van der Waals surface area (Å²) in [6, 6.07) is 8.95. The summed E-state index contributed by atoms with van der Waals surface area (Å²) < 4.78 is 55.2. The Morgan fingerprint density at radius 2 is 1.74 bits per heavy atom. The maximum Gasteiger partial charge on any atom is 0.166 e. The molecule has 0 aliphatic heterocycles. The first-order valence-electron chi connectivity index (χ1n) is 13.0. The molecule has 190 valence electrons. The lowest BCUT2D eigenvalue weighted by atomic mass is 9.76. The number of benzene rings is 2. The van der Waals surface area contributed by atoms with Crippen molar-refractivity contribution in [2.24, 2.45) is 5.92 Å². The smallest absolute Gasteiger partial charge is 0.166 e. The van der Waals surface area contributed by atoms with Crippen LogP contribution < -0.4 is 0 Å². The molecule has 2 nitrogen and oxygen atoms in total. The van der Waals surface area contributed by atoms with E-state index < -0.39 is 11.6 Å². The van der Waals surface area contributed by atoms with Gasteiger partial charge in [-0.15, -0.1) is 0 Å². The predicted octanol–water partition coefficient (Wildman–Crippen LogP) is 8.13. The molecule has 0 spiro atoms. The van der Waals surface area contributed by atoms with Crippen LogP contribution in [0.15, 0.2) is 36.4 Å². The van der Waals surface area contributed by atoms with Crippen molar-refractivity contribution >= 4 is 5.57 Å². The van der Waals surface area contributed by atoms with Crippen LogP contribution in [0.4, 0.5) is 13.2 Å². The van der Waals surface area contributed by atoms with Gasteiger partial charge in [0.1, 0.15) is 5.82 Å². The summed E-state index contributed by atoms with van der Waals surface area (Å²) in [5.74, 6) is -0.895. The van der Waals surface area contributed by atoms with Crippen molar-refractivity contribution in [3.63, 3.8) is 0 Å². The minimum absolute atomic E-state index is 0.144. The fourth-order valence-electron chi connectivity index (χ4n) is 5.63. The lowest BCUT2D eigenvalue weighted by molar-refractivity contribution is 0.0964. The molecule has 1 fully saturated rings. The van der Waals surface area contributed by atoms with Crippen molar-refractivity contribution in [3.8, 4) is 0 Å². The number of rotatable bonds is 9. The molecule has 2 aromatic carbocycles. The molecule has 1 saturated carbocycles. The van der Waals surface area contributed by atoms with Gasteiger partial charge in [0.05, 0.1) is 12.7 Å². The maximum absolute atomic E-state index is 14.9. The third-order valence-corrected chi connectivity index (χ3v) is 7.85. The Kier molecular flexibility index (Phi) is 9.07. The van der Waals surface area contributed by atoms with Gasteiger partial charge in [0, 0.05) is 19.3 Å². The molecule has 0 heterocycles. The molecule has 2 aliphatic carbocycles. The van der Waals surface area contributed by atoms with Crippen molar-refractivity contribution in [3.05, 3.63) is 76.1 Å². The fourth-order valence-corrected chi connectivity index (χ4v) is 5.63. The normalized spacial score (nSPS) is 22.8. The zero-order valence-electron chi connectivity index (χ0n) is 20.9. The highest BCUT2D eigenvalue weighted by Crippen LogP contribution is 2.39. The van der Waals surface area contributed by atoms with Crippen LogP contribution in [0.2, 0.25) is 0 Å². The Morgan fingerprint density at radius 3 is 2.40 bits per heavy atom. The number of ether oxygens (including phenoxy) is 2. The van der Waals surface area contributed by atoms with Gasteiger partial charge in [-0.3, -0.25) is 0 Å². The van der Waals surface area contributed by atoms with Crippen LogP contribution in [0, 0.1) is 23.4 Å². The molecule has 0 radical (unpaired) electrons. The zero-order valence-corrected chi connectivity index (χ0v) is 20.9. The van der Waals surface area contributed by atoms with E-state index in [0.717, 1.165) is 61.6 Å². The topological polar surface area (TPSA) is 18.5 Å². The lowest BCUT2D eigenvalue weighted by Gasteiger charge is -2.29. The molecule has 0 amide bonds. The van der Waals surface area contributed by atoms with E-state index in [1.807, 2.05) is 25.1 Å². The average molecular weight is 487 g/mol. The Bertz CT molecular complexity index is 1020. The summed E-state index contributed by atoms with van der Waals surface area (Å²) in [5.41, 5.74) is 3.37. The second kappa shape index (κ2) is 12.2. The van der Waals surface area contributed by atoms with E-state index in [2.05, 4.69) is 0 Å². The molecular formula is C30H37F3O2.